The molecule has 92 valence electrons. The number of H-pyrrole nitrogens is 1. The van der Waals surface area contributed by atoms with Crippen LogP contribution in [-0.4, -0.2) is 10.2 Å². The Morgan fingerprint density at radius 2 is 2.28 bits per heavy atom. The van der Waals surface area contributed by atoms with Crippen molar-refractivity contribution in [1.82, 2.24) is 10.2 Å². The maximum atomic E-state index is 6.02. The molecule has 0 fully saturated rings. The van der Waals surface area contributed by atoms with Gasteiger partial charge in [-0.25, -0.2) is 0 Å². The third-order valence-corrected chi connectivity index (χ3v) is 3.95. The van der Waals surface area contributed by atoms with E-state index in [4.69, 9.17) is 5.73 Å². The van der Waals surface area contributed by atoms with Gasteiger partial charge in [0.05, 0.1) is 23.1 Å². The number of anilines is 2. The molecule has 0 atom stereocenters. The molecule has 0 aliphatic carbocycles. The molecule has 0 aliphatic rings. The van der Waals surface area contributed by atoms with Crippen LogP contribution in [0.2, 0.25) is 0 Å². The first-order valence-corrected chi connectivity index (χ1v) is 6.66. The first kappa shape index (κ1) is 11.1. The topological polar surface area (TPSA) is 66.7 Å². The summed E-state index contributed by atoms with van der Waals surface area (Å²) in [6.07, 6.45) is 1.78. The lowest BCUT2D eigenvalue weighted by Gasteiger charge is -2.09. The molecule has 1 aromatic carbocycles. The number of benzene rings is 1. The SMILES string of the molecule is Cc1cscc1CNc1cc2[nH]ncc2cc1N. The second kappa shape index (κ2) is 4.34. The van der Waals surface area contributed by atoms with Gasteiger partial charge >= 0.3 is 0 Å². The Kier molecular flexibility index (Phi) is 2.68. The van der Waals surface area contributed by atoms with Gasteiger partial charge in [0.25, 0.3) is 0 Å². The summed E-state index contributed by atoms with van der Waals surface area (Å²) < 4.78 is 0. The molecule has 18 heavy (non-hydrogen) atoms. The lowest BCUT2D eigenvalue weighted by molar-refractivity contribution is 1.12. The summed E-state index contributed by atoms with van der Waals surface area (Å²) in [5.41, 5.74) is 11.3. The fourth-order valence-corrected chi connectivity index (χ4v) is 2.78. The first-order chi connectivity index (χ1) is 8.74. The molecule has 0 saturated carbocycles. The molecule has 4 nitrogen and oxygen atoms in total. The molecule has 0 saturated heterocycles. The van der Waals surface area contributed by atoms with Crippen molar-refractivity contribution in [3.63, 3.8) is 0 Å². The summed E-state index contributed by atoms with van der Waals surface area (Å²) in [5.74, 6) is 0. The van der Waals surface area contributed by atoms with E-state index in [1.807, 2.05) is 12.1 Å². The number of fused-ring (bicyclic) bond motifs is 1. The highest BCUT2D eigenvalue weighted by Crippen LogP contribution is 2.25. The van der Waals surface area contributed by atoms with Crippen LogP contribution in [0.1, 0.15) is 11.1 Å². The van der Waals surface area contributed by atoms with Crippen LogP contribution in [0.3, 0.4) is 0 Å². The van der Waals surface area contributed by atoms with Crippen molar-refractivity contribution in [3.8, 4) is 0 Å². The van der Waals surface area contributed by atoms with Gasteiger partial charge < -0.3 is 11.1 Å². The van der Waals surface area contributed by atoms with E-state index >= 15 is 0 Å². The highest BCUT2D eigenvalue weighted by atomic mass is 32.1. The third-order valence-electron chi connectivity index (χ3n) is 3.04. The van der Waals surface area contributed by atoms with Crippen LogP contribution in [0.15, 0.2) is 29.1 Å². The van der Waals surface area contributed by atoms with Crippen LogP contribution in [0.25, 0.3) is 10.9 Å². The van der Waals surface area contributed by atoms with Gasteiger partial charge in [-0.3, -0.25) is 5.10 Å². The predicted molar refractivity (Wildman–Crippen MR) is 76.9 cm³/mol. The minimum Gasteiger partial charge on any atom is -0.397 e. The van der Waals surface area contributed by atoms with Crippen molar-refractivity contribution in [2.24, 2.45) is 0 Å². The van der Waals surface area contributed by atoms with Gasteiger partial charge in [0, 0.05) is 11.9 Å². The van der Waals surface area contributed by atoms with Crippen molar-refractivity contribution in [3.05, 3.63) is 40.2 Å². The lowest BCUT2D eigenvalue weighted by Crippen LogP contribution is -2.02. The van der Waals surface area contributed by atoms with Gasteiger partial charge in [-0.05, 0) is 40.9 Å². The van der Waals surface area contributed by atoms with Crippen molar-refractivity contribution in [2.45, 2.75) is 13.5 Å². The van der Waals surface area contributed by atoms with E-state index in [1.54, 1.807) is 17.5 Å². The minimum absolute atomic E-state index is 0.747. The molecule has 0 amide bonds. The summed E-state index contributed by atoms with van der Waals surface area (Å²) in [6, 6.07) is 3.93. The van der Waals surface area contributed by atoms with Gasteiger partial charge in [0.1, 0.15) is 0 Å². The Hall–Kier alpha value is -2.01. The van der Waals surface area contributed by atoms with E-state index in [1.165, 1.54) is 11.1 Å². The van der Waals surface area contributed by atoms with Crippen LogP contribution in [0, 0.1) is 6.92 Å². The Morgan fingerprint density at radius 3 is 3.06 bits per heavy atom. The van der Waals surface area contributed by atoms with E-state index in [0.29, 0.717) is 0 Å². The molecule has 5 heteroatoms. The number of hydrogen-bond donors (Lipinski definition) is 3. The quantitative estimate of drug-likeness (QED) is 0.632. The Balaban J connectivity index is 1.86. The zero-order valence-corrected chi connectivity index (χ0v) is 10.8. The van der Waals surface area contributed by atoms with E-state index in [-0.39, 0.29) is 0 Å². The second-order valence-electron chi connectivity index (χ2n) is 4.33. The Labute approximate surface area is 109 Å². The van der Waals surface area contributed by atoms with Crippen LogP contribution in [-0.2, 0) is 6.54 Å². The van der Waals surface area contributed by atoms with Crippen LogP contribution < -0.4 is 11.1 Å². The van der Waals surface area contributed by atoms with Crippen molar-refractivity contribution >= 4 is 33.6 Å². The first-order valence-electron chi connectivity index (χ1n) is 5.72. The molecular weight excluding hydrogens is 244 g/mol. The van der Waals surface area contributed by atoms with Gasteiger partial charge in [0.2, 0.25) is 0 Å². The fraction of sp³-hybridized carbons (Fsp3) is 0.154. The fourth-order valence-electron chi connectivity index (χ4n) is 1.92. The van der Waals surface area contributed by atoms with E-state index < -0.39 is 0 Å². The number of aromatic amines is 1. The third kappa shape index (κ3) is 1.93. The molecule has 3 aromatic rings. The molecule has 3 rings (SSSR count). The summed E-state index contributed by atoms with van der Waals surface area (Å²) in [7, 11) is 0. The average Bonchev–Trinajstić information content (AvgIpc) is 2.95. The van der Waals surface area contributed by atoms with Crippen molar-refractivity contribution in [1.29, 1.82) is 0 Å². The highest BCUT2D eigenvalue weighted by Gasteiger charge is 2.05. The highest BCUT2D eigenvalue weighted by molar-refractivity contribution is 7.08. The zero-order valence-electron chi connectivity index (χ0n) is 10.0. The Bertz CT molecular complexity index is 683. The number of nitrogens with one attached hydrogen (secondary N) is 2. The molecule has 0 aliphatic heterocycles. The maximum absolute atomic E-state index is 6.02. The largest absolute Gasteiger partial charge is 0.397 e. The normalized spacial score (nSPS) is 10.9. The summed E-state index contributed by atoms with van der Waals surface area (Å²) in [5, 5.41) is 15.7. The number of aromatic nitrogens is 2. The number of rotatable bonds is 3. The number of nitrogen functional groups attached to an aromatic ring is 1. The van der Waals surface area contributed by atoms with Gasteiger partial charge in [-0.15, -0.1) is 0 Å². The molecule has 2 aromatic heterocycles. The van der Waals surface area contributed by atoms with Gasteiger partial charge in [-0.1, -0.05) is 0 Å². The number of hydrogen-bond acceptors (Lipinski definition) is 4. The molecular formula is C13H14N4S. The zero-order chi connectivity index (χ0) is 12.5. The standard InChI is InChI=1S/C13H14N4S/c1-8-6-18-7-10(8)4-15-13-3-12-9(2-11(13)14)5-16-17-12/h2-3,5-7,15H,4,14H2,1H3,(H,16,17). The number of aryl methyl sites for hydroxylation is 1. The number of nitrogens with zero attached hydrogens (tertiary/aromatic N) is 1. The molecule has 4 N–H and O–H groups in total. The van der Waals surface area contributed by atoms with Gasteiger partial charge in [-0.2, -0.15) is 16.4 Å². The predicted octanol–water partition coefficient (Wildman–Crippen LogP) is 3.13. The summed E-state index contributed by atoms with van der Waals surface area (Å²) in [6.45, 7) is 2.91. The van der Waals surface area contributed by atoms with E-state index in [9.17, 15) is 0 Å². The van der Waals surface area contributed by atoms with E-state index in [0.717, 1.165) is 28.8 Å². The molecule has 0 spiro atoms. The van der Waals surface area contributed by atoms with Gasteiger partial charge in [0.15, 0.2) is 0 Å². The molecule has 2 heterocycles. The molecule has 0 bridgehead atoms. The monoisotopic (exact) mass is 258 g/mol. The number of thiophene rings is 1. The van der Waals surface area contributed by atoms with Crippen LogP contribution in [0.5, 0.6) is 0 Å². The summed E-state index contributed by atoms with van der Waals surface area (Å²) in [4.78, 5) is 0. The van der Waals surface area contributed by atoms with Crippen molar-refractivity contribution in [2.75, 3.05) is 11.1 Å². The molecule has 0 unspecified atom stereocenters. The van der Waals surface area contributed by atoms with Crippen LogP contribution >= 0.6 is 11.3 Å². The van der Waals surface area contributed by atoms with E-state index in [2.05, 4.69) is 33.2 Å². The average molecular weight is 258 g/mol. The smallest absolute Gasteiger partial charge is 0.0672 e. The number of nitrogens with two attached hydrogens (primary N) is 1. The Morgan fingerprint density at radius 1 is 1.39 bits per heavy atom. The maximum Gasteiger partial charge on any atom is 0.0672 e. The summed E-state index contributed by atoms with van der Waals surface area (Å²) >= 11 is 1.72. The lowest BCUT2D eigenvalue weighted by atomic mass is 10.2. The minimum atomic E-state index is 0.747. The molecule has 0 radical (unpaired) electrons. The van der Waals surface area contributed by atoms with Crippen molar-refractivity contribution < 1.29 is 0 Å². The second-order valence-corrected chi connectivity index (χ2v) is 5.07. The van der Waals surface area contributed by atoms with Crippen LogP contribution in [0.4, 0.5) is 11.4 Å².